The first-order chi connectivity index (χ1) is 9.63. The second-order valence-electron chi connectivity index (χ2n) is 4.87. The molecule has 0 radical (unpaired) electrons. The first-order valence-electron chi connectivity index (χ1n) is 6.44. The van der Waals surface area contributed by atoms with E-state index in [1.54, 1.807) is 0 Å². The summed E-state index contributed by atoms with van der Waals surface area (Å²) < 4.78 is 5.80. The van der Waals surface area contributed by atoms with Crippen molar-refractivity contribution in [2.75, 3.05) is 0 Å². The Hall–Kier alpha value is -2.55. The second kappa shape index (κ2) is 4.85. The maximum Gasteiger partial charge on any atom is 0.311 e. The van der Waals surface area contributed by atoms with Gasteiger partial charge in [-0.3, -0.25) is 4.79 Å². The van der Waals surface area contributed by atoms with E-state index in [2.05, 4.69) is 0 Å². The lowest BCUT2D eigenvalue weighted by atomic mass is 10.0. The summed E-state index contributed by atoms with van der Waals surface area (Å²) in [5.74, 6) is 0.299. The fraction of sp³-hybridized carbons (Fsp3) is 0.118. The lowest BCUT2D eigenvalue weighted by molar-refractivity contribution is -0.136. The van der Waals surface area contributed by atoms with Crippen LogP contribution in [-0.4, -0.2) is 11.1 Å². The maximum atomic E-state index is 11.0. The third-order valence-corrected chi connectivity index (χ3v) is 3.32. The monoisotopic (exact) mass is 266 g/mol. The van der Waals surface area contributed by atoms with E-state index in [1.807, 2.05) is 55.5 Å². The van der Waals surface area contributed by atoms with Gasteiger partial charge in [-0.1, -0.05) is 48.0 Å². The van der Waals surface area contributed by atoms with Gasteiger partial charge in [-0.05, 0) is 18.6 Å². The van der Waals surface area contributed by atoms with Gasteiger partial charge in [0.1, 0.15) is 17.9 Å². The van der Waals surface area contributed by atoms with Crippen LogP contribution in [0, 0.1) is 6.92 Å². The van der Waals surface area contributed by atoms with Gasteiger partial charge in [0.2, 0.25) is 0 Å². The average molecular weight is 266 g/mol. The molecule has 0 spiro atoms. The van der Waals surface area contributed by atoms with Gasteiger partial charge in [0.05, 0.1) is 0 Å². The number of hydrogen-bond donors (Lipinski definition) is 1. The molecule has 0 amide bonds. The van der Waals surface area contributed by atoms with E-state index in [-0.39, 0.29) is 6.42 Å². The number of aryl methyl sites for hydroxylation is 1. The molecule has 2 aliphatic rings. The van der Waals surface area contributed by atoms with Gasteiger partial charge in [0.15, 0.2) is 0 Å². The third kappa shape index (κ3) is 2.30. The van der Waals surface area contributed by atoms with E-state index in [0.29, 0.717) is 11.5 Å². The van der Waals surface area contributed by atoms with Crippen LogP contribution in [0.2, 0.25) is 0 Å². The summed E-state index contributed by atoms with van der Waals surface area (Å²) in [5.41, 5.74) is 3.99. The van der Waals surface area contributed by atoms with Crippen molar-refractivity contribution in [2.45, 2.75) is 13.3 Å². The molecule has 3 heteroatoms. The van der Waals surface area contributed by atoms with Crippen molar-refractivity contribution in [1.29, 1.82) is 0 Å². The Morgan fingerprint density at radius 1 is 1.10 bits per heavy atom. The molecule has 1 aromatic rings. The molecule has 20 heavy (non-hydrogen) atoms. The zero-order valence-electron chi connectivity index (χ0n) is 11.1. The number of benzene rings is 1. The highest BCUT2D eigenvalue weighted by Gasteiger charge is 2.16. The molecule has 1 aromatic carbocycles. The summed E-state index contributed by atoms with van der Waals surface area (Å²) in [4.78, 5) is 11.0. The Kier molecular flexibility index (Phi) is 3.03. The first-order valence-corrected chi connectivity index (χ1v) is 6.44. The van der Waals surface area contributed by atoms with Gasteiger partial charge in [-0.2, -0.15) is 0 Å². The number of hydrogen-bond acceptors (Lipinski definition) is 2. The van der Waals surface area contributed by atoms with Gasteiger partial charge < -0.3 is 9.52 Å². The molecular weight excluding hydrogens is 252 g/mol. The molecule has 3 rings (SSSR count). The van der Waals surface area contributed by atoms with E-state index in [0.717, 1.165) is 16.7 Å². The Morgan fingerprint density at radius 2 is 1.85 bits per heavy atom. The van der Waals surface area contributed by atoms with Crippen molar-refractivity contribution >= 4 is 5.97 Å². The summed E-state index contributed by atoms with van der Waals surface area (Å²) in [6, 6.07) is 15.7. The van der Waals surface area contributed by atoms with Crippen LogP contribution < -0.4 is 0 Å². The molecule has 1 aliphatic heterocycles. The van der Waals surface area contributed by atoms with Crippen molar-refractivity contribution in [3.63, 3.8) is 0 Å². The van der Waals surface area contributed by atoms with Crippen LogP contribution in [-0.2, 0) is 11.2 Å². The molecule has 0 aromatic heterocycles. The van der Waals surface area contributed by atoms with Crippen LogP contribution in [0.5, 0.6) is 0 Å². The van der Waals surface area contributed by atoms with Crippen LogP contribution in [0.25, 0.3) is 22.5 Å². The van der Waals surface area contributed by atoms with E-state index < -0.39 is 5.97 Å². The minimum absolute atomic E-state index is 0.111. The Labute approximate surface area is 116 Å². The SMILES string of the molecule is Cc1ccc(-c2cc3cccc-3c(CC(=O)O)o2)cc1. The van der Waals surface area contributed by atoms with Crippen molar-refractivity contribution in [1.82, 2.24) is 0 Å². The van der Waals surface area contributed by atoms with Gasteiger partial charge in [0.25, 0.3) is 0 Å². The summed E-state index contributed by atoms with van der Waals surface area (Å²) >= 11 is 0. The number of aliphatic carboxylic acids is 1. The molecule has 1 heterocycles. The maximum absolute atomic E-state index is 11.0. The van der Waals surface area contributed by atoms with E-state index in [4.69, 9.17) is 9.52 Å². The number of carboxylic acids is 1. The summed E-state index contributed by atoms with van der Waals surface area (Å²) in [6.45, 7) is 2.02. The number of carboxylic acid groups (broad SMARTS) is 1. The van der Waals surface area contributed by atoms with Crippen molar-refractivity contribution < 1.29 is 14.3 Å². The number of fused-ring (bicyclic) bond motifs is 1. The van der Waals surface area contributed by atoms with E-state index in [9.17, 15) is 4.79 Å². The molecular formula is C17H14O3. The van der Waals surface area contributed by atoms with Gasteiger partial charge in [-0.25, -0.2) is 0 Å². The molecule has 3 nitrogen and oxygen atoms in total. The second-order valence-corrected chi connectivity index (χ2v) is 4.87. The number of rotatable bonds is 3. The molecule has 0 saturated heterocycles. The highest BCUT2D eigenvalue weighted by atomic mass is 16.4. The number of carbonyl (C=O) groups is 1. The fourth-order valence-electron chi connectivity index (χ4n) is 2.30. The zero-order chi connectivity index (χ0) is 14.1. The van der Waals surface area contributed by atoms with Crippen molar-refractivity contribution in [2.24, 2.45) is 0 Å². The minimum atomic E-state index is -0.891. The predicted octanol–water partition coefficient (Wildman–Crippen LogP) is 3.99. The Bertz CT molecular complexity index is 722. The minimum Gasteiger partial charge on any atom is -0.481 e. The molecule has 100 valence electrons. The Morgan fingerprint density at radius 3 is 2.55 bits per heavy atom. The topological polar surface area (TPSA) is 50.4 Å². The lowest BCUT2D eigenvalue weighted by Gasteiger charge is -2.10. The molecule has 1 aliphatic carbocycles. The molecule has 0 saturated carbocycles. The van der Waals surface area contributed by atoms with E-state index >= 15 is 0 Å². The average Bonchev–Trinajstić information content (AvgIpc) is 2.87. The van der Waals surface area contributed by atoms with Crippen LogP contribution >= 0.6 is 0 Å². The highest BCUT2D eigenvalue weighted by molar-refractivity contribution is 5.78. The lowest BCUT2D eigenvalue weighted by Crippen LogP contribution is -2.02. The molecule has 0 atom stereocenters. The molecule has 0 unspecified atom stereocenters. The summed E-state index contributed by atoms with van der Waals surface area (Å²) in [6.07, 6.45) is -0.111. The summed E-state index contributed by atoms with van der Waals surface area (Å²) in [7, 11) is 0. The standard InChI is InChI=1S/C17H14O3/c1-11-5-7-12(8-6-11)15-9-13-3-2-4-14(13)16(20-15)10-17(18)19/h2-9H,10H2,1H3,(H,18,19). The van der Waals surface area contributed by atoms with Crippen LogP contribution in [0.1, 0.15) is 11.3 Å². The van der Waals surface area contributed by atoms with Crippen LogP contribution in [0.3, 0.4) is 0 Å². The third-order valence-electron chi connectivity index (χ3n) is 3.32. The quantitative estimate of drug-likeness (QED) is 0.779. The van der Waals surface area contributed by atoms with Gasteiger partial charge in [-0.15, -0.1) is 0 Å². The van der Waals surface area contributed by atoms with Crippen LogP contribution in [0.4, 0.5) is 0 Å². The van der Waals surface area contributed by atoms with Crippen LogP contribution in [0.15, 0.2) is 52.9 Å². The van der Waals surface area contributed by atoms with Crippen molar-refractivity contribution in [3.8, 4) is 22.5 Å². The smallest absolute Gasteiger partial charge is 0.311 e. The zero-order valence-corrected chi connectivity index (χ0v) is 11.1. The highest BCUT2D eigenvalue weighted by Crippen LogP contribution is 2.33. The molecule has 1 N–H and O–H groups in total. The Balaban J connectivity index is 2.13. The van der Waals surface area contributed by atoms with Crippen molar-refractivity contribution in [3.05, 3.63) is 59.9 Å². The molecule has 0 fully saturated rings. The van der Waals surface area contributed by atoms with Gasteiger partial charge >= 0.3 is 5.97 Å². The predicted molar refractivity (Wildman–Crippen MR) is 76.8 cm³/mol. The first kappa shape index (κ1) is 12.5. The van der Waals surface area contributed by atoms with E-state index in [1.165, 1.54) is 5.56 Å². The molecule has 0 bridgehead atoms. The fourth-order valence-corrected chi connectivity index (χ4v) is 2.30. The normalized spacial score (nSPS) is 10.8. The summed E-state index contributed by atoms with van der Waals surface area (Å²) in [5, 5.41) is 9.00. The largest absolute Gasteiger partial charge is 0.481 e. The van der Waals surface area contributed by atoms with Gasteiger partial charge in [0, 0.05) is 11.1 Å².